The van der Waals surface area contributed by atoms with Gasteiger partial charge >= 0.3 is 0 Å². The third-order valence-electron chi connectivity index (χ3n) is 3.65. The minimum Gasteiger partial charge on any atom is -0.382 e. The highest BCUT2D eigenvalue weighted by Gasteiger charge is 2.15. The summed E-state index contributed by atoms with van der Waals surface area (Å²) in [4.78, 5) is 0.306. The van der Waals surface area contributed by atoms with E-state index in [0.717, 1.165) is 18.5 Å². The van der Waals surface area contributed by atoms with Crippen LogP contribution in [0, 0.1) is 5.92 Å². The molecule has 1 unspecified atom stereocenters. The third-order valence-corrected chi connectivity index (χ3v) is 5.21. The molecule has 5 heteroatoms. The molecule has 0 radical (unpaired) electrons. The summed E-state index contributed by atoms with van der Waals surface area (Å²) in [6.07, 6.45) is 2.27. The summed E-state index contributed by atoms with van der Waals surface area (Å²) in [6.45, 7) is 8.72. The molecule has 0 saturated heterocycles. The number of nitrogens with one attached hydrogen (secondary N) is 2. The summed E-state index contributed by atoms with van der Waals surface area (Å²) in [6, 6.07) is 7.30. The summed E-state index contributed by atoms with van der Waals surface area (Å²) in [5.41, 5.74) is 0.958. The average Bonchev–Trinajstić information content (AvgIpc) is 2.40. The number of sulfonamides is 1. The molecular formula is C15H26N2O2S. The van der Waals surface area contributed by atoms with Gasteiger partial charge in [-0.3, -0.25) is 0 Å². The smallest absolute Gasteiger partial charge is 0.240 e. The molecule has 20 heavy (non-hydrogen) atoms. The lowest BCUT2D eigenvalue weighted by molar-refractivity contribution is 0.438. The molecule has 2 N–H and O–H groups in total. The molecule has 0 aliphatic carbocycles. The minimum atomic E-state index is -3.36. The molecule has 0 saturated carbocycles. The van der Waals surface area contributed by atoms with Crippen LogP contribution in [0.1, 0.15) is 40.5 Å². The molecular weight excluding hydrogens is 272 g/mol. The molecule has 0 bridgehead atoms. The highest BCUT2D eigenvalue weighted by atomic mass is 32.2. The maximum Gasteiger partial charge on any atom is 0.240 e. The largest absolute Gasteiger partial charge is 0.382 e. The predicted octanol–water partition coefficient (Wildman–Crippen LogP) is 3.22. The van der Waals surface area contributed by atoms with Gasteiger partial charge in [-0.25, -0.2) is 13.1 Å². The zero-order chi connectivity index (χ0) is 15.2. The Morgan fingerprint density at radius 2 is 1.60 bits per heavy atom. The van der Waals surface area contributed by atoms with Gasteiger partial charge in [-0.05, 0) is 37.1 Å². The Hall–Kier alpha value is -1.07. The zero-order valence-corrected chi connectivity index (χ0v) is 13.6. The van der Waals surface area contributed by atoms with Crippen molar-refractivity contribution in [1.29, 1.82) is 0 Å². The molecule has 0 fully saturated rings. The van der Waals surface area contributed by atoms with Crippen LogP contribution in [0.4, 0.5) is 5.69 Å². The van der Waals surface area contributed by atoms with Gasteiger partial charge < -0.3 is 5.32 Å². The van der Waals surface area contributed by atoms with Gasteiger partial charge in [-0.1, -0.05) is 33.6 Å². The van der Waals surface area contributed by atoms with Crippen LogP contribution in [0.5, 0.6) is 0 Å². The van der Waals surface area contributed by atoms with Gasteiger partial charge in [0, 0.05) is 18.3 Å². The molecule has 1 atom stereocenters. The fourth-order valence-corrected chi connectivity index (χ4v) is 3.42. The third kappa shape index (κ3) is 4.49. The zero-order valence-electron chi connectivity index (χ0n) is 12.8. The van der Waals surface area contributed by atoms with Gasteiger partial charge in [0.25, 0.3) is 0 Å². The molecule has 0 aliphatic rings. The van der Waals surface area contributed by atoms with E-state index in [2.05, 4.69) is 30.8 Å². The Labute approximate surface area is 123 Å². The van der Waals surface area contributed by atoms with Crippen LogP contribution >= 0.6 is 0 Å². The Balaban J connectivity index is 2.77. The van der Waals surface area contributed by atoms with Crippen LogP contribution in [0.2, 0.25) is 0 Å². The summed E-state index contributed by atoms with van der Waals surface area (Å²) in [5, 5.41) is 3.44. The van der Waals surface area contributed by atoms with Crippen molar-refractivity contribution in [3.8, 4) is 0 Å². The first-order valence-electron chi connectivity index (χ1n) is 7.30. The summed E-state index contributed by atoms with van der Waals surface area (Å²) in [7, 11) is -3.36. The highest BCUT2D eigenvalue weighted by Crippen LogP contribution is 2.19. The van der Waals surface area contributed by atoms with Crippen LogP contribution in [-0.4, -0.2) is 21.0 Å². The summed E-state index contributed by atoms with van der Waals surface area (Å²) < 4.78 is 26.2. The van der Waals surface area contributed by atoms with Crippen molar-refractivity contribution >= 4 is 15.7 Å². The number of anilines is 1. The van der Waals surface area contributed by atoms with Crippen molar-refractivity contribution in [2.75, 3.05) is 11.9 Å². The molecule has 4 nitrogen and oxygen atoms in total. The number of hydrogen-bond donors (Lipinski definition) is 2. The van der Waals surface area contributed by atoms with Gasteiger partial charge in [-0.15, -0.1) is 0 Å². The standard InChI is InChI=1S/C15H26N2O2S/c1-5-13(6-2)12(4)17-14-8-10-15(11-9-14)20(18,19)16-7-3/h8-13,16-17H,5-7H2,1-4H3. The molecule has 0 aliphatic heterocycles. The average molecular weight is 298 g/mol. The number of benzene rings is 1. The van der Waals surface area contributed by atoms with Crippen LogP contribution < -0.4 is 10.0 Å². The second kappa shape index (κ2) is 7.64. The van der Waals surface area contributed by atoms with Crippen molar-refractivity contribution in [2.24, 2.45) is 5.92 Å². The van der Waals surface area contributed by atoms with Crippen molar-refractivity contribution < 1.29 is 8.42 Å². The molecule has 1 aromatic rings. The molecule has 0 aromatic heterocycles. The quantitative estimate of drug-likeness (QED) is 0.774. The van der Waals surface area contributed by atoms with E-state index in [1.165, 1.54) is 0 Å². The Morgan fingerprint density at radius 1 is 1.05 bits per heavy atom. The first-order valence-corrected chi connectivity index (χ1v) is 8.79. The van der Waals surface area contributed by atoms with E-state index in [9.17, 15) is 8.42 Å². The summed E-state index contributed by atoms with van der Waals surface area (Å²) >= 11 is 0. The Morgan fingerprint density at radius 3 is 2.05 bits per heavy atom. The van der Waals surface area contributed by atoms with Crippen LogP contribution in [-0.2, 0) is 10.0 Å². The second-order valence-corrected chi connectivity index (χ2v) is 6.80. The monoisotopic (exact) mass is 298 g/mol. The molecule has 0 spiro atoms. The second-order valence-electron chi connectivity index (χ2n) is 5.04. The van der Waals surface area contributed by atoms with E-state index < -0.39 is 10.0 Å². The van der Waals surface area contributed by atoms with E-state index in [1.54, 1.807) is 19.1 Å². The van der Waals surface area contributed by atoms with Crippen molar-refractivity contribution in [2.45, 2.75) is 51.5 Å². The van der Waals surface area contributed by atoms with E-state index in [1.807, 2.05) is 12.1 Å². The lowest BCUT2D eigenvalue weighted by Crippen LogP contribution is -2.25. The Bertz CT molecular complexity index is 493. The predicted molar refractivity (Wildman–Crippen MR) is 84.5 cm³/mol. The number of hydrogen-bond acceptors (Lipinski definition) is 3. The first-order chi connectivity index (χ1) is 9.44. The maximum atomic E-state index is 11.8. The van der Waals surface area contributed by atoms with Crippen molar-refractivity contribution in [3.63, 3.8) is 0 Å². The van der Waals surface area contributed by atoms with Gasteiger partial charge in [0.2, 0.25) is 10.0 Å². The van der Waals surface area contributed by atoms with Crippen LogP contribution in [0.25, 0.3) is 0 Å². The van der Waals surface area contributed by atoms with Crippen molar-refractivity contribution in [1.82, 2.24) is 4.72 Å². The van der Waals surface area contributed by atoms with Gasteiger partial charge in [0.15, 0.2) is 0 Å². The van der Waals surface area contributed by atoms with Gasteiger partial charge in [0.05, 0.1) is 4.90 Å². The molecule has 0 amide bonds. The minimum absolute atomic E-state index is 0.306. The van der Waals surface area contributed by atoms with E-state index >= 15 is 0 Å². The lowest BCUT2D eigenvalue weighted by Gasteiger charge is -2.23. The van der Waals surface area contributed by atoms with E-state index in [0.29, 0.717) is 23.4 Å². The van der Waals surface area contributed by atoms with Gasteiger partial charge in [-0.2, -0.15) is 0 Å². The Kier molecular flexibility index (Phi) is 6.49. The SMILES string of the molecule is CCNS(=O)(=O)c1ccc(NC(C)C(CC)CC)cc1. The highest BCUT2D eigenvalue weighted by molar-refractivity contribution is 7.89. The topological polar surface area (TPSA) is 58.2 Å². The van der Waals surface area contributed by atoms with E-state index in [4.69, 9.17) is 0 Å². The fourth-order valence-electron chi connectivity index (χ4n) is 2.38. The molecule has 0 heterocycles. The summed E-state index contributed by atoms with van der Waals surface area (Å²) in [5.74, 6) is 0.625. The number of rotatable bonds is 8. The fraction of sp³-hybridized carbons (Fsp3) is 0.600. The molecule has 114 valence electrons. The van der Waals surface area contributed by atoms with Crippen LogP contribution in [0.15, 0.2) is 29.2 Å². The van der Waals surface area contributed by atoms with Crippen LogP contribution in [0.3, 0.4) is 0 Å². The molecule has 1 aromatic carbocycles. The van der Waals surface area contributed by atoms with Crippen molar-refractivity contribution in [3.05, 3.63) is 24.3 Å². The molecule has 1 rings (SSSR count). The van der Waals surface area contributed by atoms with Gasteiger partial charge in [0.1, 0.15) is 0 Å². The lowest BCUT2D eigenvalue weighted by atomic mass is 9.95. The maximum absolute atomic E-state index is 11.8. The van der Waals surface area contributed by atoms with E-state index in [-0.39, 0.29) is 0 Å². The first kappa shape index (κ1) is 17.0. The normalized spacial score (nSPS) is 13.4.